The molecule has 8 heteroatoms. The van der Waals surface area contributed by atoms with Crippen LogP contribution in [0.2, 0.25) is 0 Å². The van der Waals surface area contributed by atoms with Crippen molar-refractivity contribution in [1.29, 1.82) is 0 Å². The van der Waals surface area contributed by atoms with E-state index in [2.05, 4.69) is 20.2 Å². The summed E-state index contributed by atoms with van der Waals surface area (Å²) in [5.74, 6) is 1.16. The Morgan fingerprint density at radius 1 is 1.12 bits per heavy atom. The highest BCUT2D eigenvalue weighted by atomic mass is 16.2. The predicted octanol–water partition coefficient (Wildman–Crippen LogP) is 1.07. The maximum atomic E-state index is 12.8. The zero-order valence-electron chi connectivity index (χ0n) is 15.2. The van der Waals surface area contributed by atoms with E-state index in [-0.39, 0.29) is 11.3 Å². The molecule has 0 atom stereocenters. The van der Waals surface area contributed by atoms with Gasteiger partial charge in [0.2, 0.25) is 5.91 Å². The lowest BCUT2D eigenvalue weighted by atomic mass is 9.71. The fraction of sp³-hybridized carbons (Fsp3) is 0.667. The molecule has 8 nitrogen and oxygen atoms in total. The molecule has 1 aliphatic heterocycles. The number of nitrogens with two attached hydrogens (primary N) is 1. The van der Waals surface area contributed by atoms with Gasteiger partial charge in [-0.25, -0.2) is 0 Å². The molecule has 4 rings (SSSR count). The van der Waals surface area contributed by atoms with Gasteiger partial charge < -0.3 is 15.5 Å². The Kier molecular flexibility index (Phi) is 4.76. The number of rotatable bonds is 4. The Labute approximate surface area is 153 Å². The Hall–Kier alpha value is -2.22. The molecule has 2 aliphatic rings. The molecule has 0 spiro atoms. The van der Waals surface area contributed by atoms with E-state index in [1.54, 1.807) is 10.8 Å². The van der Waals surface area contributed by atoms with Crippen LogP contribution in [0.15, 0.2) is 18.5 Å². The molecule has 1 amide bonds. The van der Waals surface area contributed by atoms with Crippen LogP contribution < -0.4 is 10.6 Å². The Morgan fingerprint density at radius 2 is 1.88 bits per heavy atom. The molecule has 0 radical (unpaired) electrons. The molecular weight excluding hydrogens is 330 g/mol. The average molecular weight is 357 g/mol. The lowest BCUT2D eigenvalue weighted by molar-refractivity contribution is -0.134. The van der Waals surface area contributed by atoms with Crippen LogP contribution in [-0.2, 0) is 4.79 Å². The summed E-state index contributed by atoms with van der Waals surface area (Å²) in [5.41, 5.74) is 6.82. The van der Waals surface area contributed by atoms with E-state index in [9.17, 15) is 4.79 Å². The van der Waals surface area contributed by atoms with E-state index >= 15 is 0 Å². The maximum Gasteiger partial charge on any atom is 0.223 e. The third-order valence-corrected chi connectivity index (χ3v) is 5.98. The second-order valence-electron chi connectivity index (χ2n) is 7.63. The molecular formula is C18H27N7O. The largest absolute Gasteiger partial charge is 0.352 e. The number of piperazine rings is 1. The van der Waals surface area contributed by atoms with Crippen LogP contribution in [0.4, 0.5) is 5.82 Å². The number of carbonyl (C=O) groups is 1. The number of hydrogen-bond acceptors (Lipinski definition) is 6. The number of fused-ring (bicyclic) bond motifs is 1. The SMILES string of the molecule is NCC1(CC(=O)N2CCN(c3ccc4nncn4n3)CC2)CCCCC1. The average Bonchev–Trinajstić information content (AvgIpc) is 3.16. The molecule has 0 unspecified atom stereocenters. The highest BCUT2D eigenvalue weighted by Gasteiger charge is 2.35. The Morgan fingerprint density at radius 3 is 2.62 bits per heavy atom. The van der Waals surface area contributed by atoms with E-state index in [1.165, 1.54) is 19.3 Å². The van der Waals surface area contributed by atoms with E-state index in [4.69, 9.17) is 5.73 Å². The predicted molar refractivity (Wildman–Crippen MR) is 98.8 cm³/mol. The number of hydrogen-bond donors (Lipinski definition) is 1. The minimum absolute atomic E-state index is 0.0352. The fourth-order valence-electron chi connectivity index (χ4n) is 4.26. The minimum Gasteiger partial charge on any atom is -0.352 e. The van der Waals surface area contributed by atoms with Gasteiger partial charge in [0.25, 0.3) is 0 Å². The van der Waals surface area contributed by atoms with Gasteiger partial charge in [-0.15, -0.1) is 15.3 Å². The third kappa shape index (κ3) is 3.38. The topological polar surface area (TPSA) is 92.7 Å². The zero-order valence-corrected chi connectivity index (χ0v) is 15.2. The van der Waals surface area contributed by atoms with Crippen LogP contribution in [-0.4, -0.2) is 63.3 Å². The first-order valence-electron chi connectivity index (χ1n) is 9.59. The number of carbonyl (C=O) groups excluding carboxylic acids is 1. The van der Waals surface area contributed by atoms with E-state index in [1.807, 2.05) is 17.0 Å². The normalized spacial score (nSPS) is 20.5. The van der Waals surface area contributed by atoms with Crippen molar-refractivity contribution in [2.24, 2.45) is 11.1 Å². The molecule has 1 aliphatic carbocycles. The van der Waals surface area contributed by atoms with Crippen molar-refractivity contribution < 1.29 is 4.79 Å². The summed E-state index contributed by atoms with van der Waals surface area (Å²) < 4.78 is 1.68. The van der Waals surface area contributed by atoms with Crippen molar-refractivity contribution >= 4 is 17.4 Å². The summed E-state index contributed by atoms with van der Waals surface area (Å²) in [6.45, 7) is 3.69. The van der Waals surface area contributed by atoms with Gasteiger partial charge in [0.15, 0.2) is 5.65 Å². The smallest absolute Gasteiger partial charge is 0.223 e. The van der Waals surface area contributed by atoms with Gasteiger partial charge in [-0.2, -0.15) is 4.52 Å². The minimum atomic E-state index is 0.0352. The molecule has 2 aromatic rings. The molecule has 26 heavy (non-hydrogen) atoms. The highest BCUT2D eigenvalue weighted by Crippen LogP contribution is 2.38. The first-order chi connectivity index (χ1) is 12.7. The maximum absolute atomic E-state index is 12.8. The summed E-state index contributed by atoms with van der Waals surface area (Å²) in [6.07, 6.45) is 8.09. The quantitative estimate of drug-likeness (QED) is 0.880. The van der Waals surface area contributed by atoms with Crippen LogP contribution in [0.25, 0.3) is 5.65 Å². The zero-order chi connectivity index (χ0) is 18.0. The standard InChI is InChI=1S/C18H27N7O/c19-13-18(6-2-1-3-7-18)12-17(26)24-10-8-23(9-11-24)16-5-4-15-21-20-14-25(15)22-16/h4-5,14H,1-3,6-13,19H2. The van der Waals surface area contributed by atoms with Crippen LogP contribution in [0.3, 0.4) is 0 Å². The van der Waals surface area contributed by atoms with Gasteiger partial charge in [0, 0.05) is 32.6 Å². The molecule has 3 heterocycles. The molecule has 0 aromatic carbocycles. The number of nitrogens with zero attached hydrogens (tertiary/aromatic N) is 6. The van der Waals surface area contributed by atoms with Crippen molar-refractivity contribution in [1.82, 2.24) is 24.7 Å². The second kappa shape index (κ2) is 7.19. The number of amides is 1. The fourth-order valence-corrected chi connectivity index (χ4v) is 4.26. The Bertz CT molecular complexity index is 760. The lowest BCUT2D eigenvalue weighted by Crippen LogP contribution is -2.50. The van der Waals surface area contributed by atoms with Crippen molar-refractivity contribution in [3.8, 4) is 0 Å². The van der Waals surface area contributed by atoms with Gasteiger partial charge in [-0.1, -0.05) is 19.3 Å². The third-order valence-electron chi connectivity index (χ3n) is 5.98. The first kappa shape index (κ1) is 17.2. The van der Waals surface area contributed by atoms with E-state index in [0.29, 0.717) is 13.0 Å². The molecule has 2 aromatic heterocycles. The van der Waals surface area contributed by atoms with Gasteiger partial charge in [0.05, 0.1) is 0 Å². The van der Waals surface area contributed by atoms with E-state index < -0.39 is 0 Å². The first-order valence-corrected chi connectivity index (χ1v) is 9.59. The van der Waals surface area contributed by atoms with Gasteiger partial charge in [-0.3, -0.25) is 4.79 Å². The number of anilines is 1. The summed E-state index contributed by atoms with van der Waals surface area (Å²) >= 11 is 0. The van der Waals surface area contributed by atoms with E-state index in [0.717, 1.165) is 50.5 Å². The van der Waals surface area contributed by atoms with Gasteiger partial charge >= 0.3 is 0 Å². The molecule has 1 saturated carbocycles. The highest BCUT2D eigenvalue weighted by molar-refractivity contribution is 5.77. The summed E-state index contributed by atoms with van der Waals surface area (Å²) in [4.78, 5) is 17.0. The van der Waals surface area contributed by atoms with Crippen LogP contribution >= 0.6 is 0 Å². The second-order valence-corrected chi connectivity index (χ2v) is 7.63. The molecule has 2 fully saturated rings. The summed E-state index contributed by atoms with van der Waals surface area (Å²) in [7, 11) is 0. The van der Waals surface area contributed by atoms with Crippen molar-refractivity contribution in [2.75, 3.05) is 37.6 Å². The summed E-state index contributed by atoms with van der Waals surface area (Å²) in [6, 6.07) is 3.88. The van der Waals surface area contributed by atoms with Crippen molar-refractivity contribution in [3.05, 3.63) is 18.5 Å². The van der Waals surface area contributed by atoms with Crippen molar-refractivity contribution in [3.63, 3.8) is 0 Å². The van der Waals surface area contributed by atoms with Crippen molar-refractivity contribution in [2.45, 2.75) is 38.5 Å². The summed E-state index contributed by atoms with van der Waals surface area (Å²) in [5, 5.41) is 12.4. The van der Waals surface area contributed by atoms with Crippen LogP contribution in [0.1, 0.15) is 38.5 Å². The van der Waals surface area contributed by atoms with Crippen LogP contribution in [0, 0.1) is 5.41 Å². The Balaban J connectivity index is 1.36. The molecule has 1 saturated heterocycles. The van der Waals surface area contributed by atoms with Gasteiger partial charge in [0.1, 0.15) is 12.1 Å². The monoisotopic (exact) mass is 357 g/mol. The van der Waals surface area contributed by atoms with Gasteiger partial charge in [-0.05, 0) is 36.9 Å². The molecule has 0 bridgehead atoms. The number of aromatic nitrogens is 4. The van der Waals surface area contributed by atoms with Crippen LogP contribution in [0.5, 0.6) is 0 Å². The lowest BCUT2D eigenvalue weighted by Gasteiger charge is -2.40. The molecule has 140 valence electrons. The molecule has 2 N–H and O–H groups in total.